The summed E-state index contributed by atoms with van der Waals surface area (Å²) in [5, 5.41) is 2.60. The highest BCUT2D eigenvalue weighted by Gasteiger charge is 2.00. The molecule has 5 heteroatoms. The van der Waals surface area contributed by atoms with Crippen LogP contribution in [-0.4, -0.2) is 24.2 Å². The lowest BCUT2D eigenvalue weighted by Gasteiger charge is -2.05. The molecule has 0 bridgehead atoms. The zero-order valence-corrected chi connectivity index (χ0v) is 8.48. The topological polar surface area (TPSA) is 77.2 Å². The van der Waals surface area contributed by atoms with Crippen molar-refractivity contribution < 1.29 is 9.53 Å². The Hall–Kier alpha value is -1.62. The number of nitrogens with zero attached hydrogens (tertiary/aromatic N) is 1. The summed E-state index contributed by atoms with van der Waals surface area (Å²) >= 11 is 0. The summed E-state index contributed by atoms with van der Waals surface area (Å²) in [5.74, 6) is 0. The molecule has 0 unspecified atom stereocenters. The fraction of sp³-hybridized carbons (Fsp3) is 0.400. The van der Waals surface area contributed by atoms with Crippen molar-refractivity contribution in [3.05, 3.63) is 30.1 Å². The first-order valence-electron chi connectivity index (χ1n) is 4.82. The molecule has 5 nitrogen and oxygen atoms in total. The number of alkyl carbamates (subject to hydrolysis) is 1. The summed E-state index contributed by atoms with van der Waals surface area (Å²) in [6.07, 6.45) is 3.65. The van der Waals surface area contributed by atoms with Crippen LogP contribution in [0.2, 0.25) is 0 Å². The molecule has 1 aromatic heterocycles. The number of hydrogen-bond acceptors (Lipinski definition) is 4. The summed E-state index contributed by atoms with van der Waals surface area (Å²) in [7, 11) is 0. The maximum absolute atomic E-state index is 11.1. The van der Waals surface area contributed by atoms with Crippen LogP contribution < -0.4 is 11.1 Å². The predicted molar refractivity (Wildman–Crippen MR) is 56.1 cm³/mol. The van der Waals surface area contributed by atoms with Crippen molar-refractivity contribution in [3.63, 3.8) is 0 Å². The first-order chi connectivity index (χ1) is 7.33. The van der Waals surface area contributed by atoms with E-state index in [0.29, 0.717) is 13.1 Å². The normalized spacial score (nSPS) is 9.67. The molecular weight excluding hydrogens is 194 g/mol. The van der Waals surface area contributed by atoms with Crippen LogP contribution in [0.4, 0.5) is 4.79 Å². The molecule has 0 aliphatic heterocycles. The molecular formula is C10H15N3O2. The van der Waals surface area contributed by atoms with Crippen LogP contribution >= 0.6 is 0 Å². The number of ether oxygens (including phenoxy) is 1. The Bertz CT molecular complexity index is 290. The third-order valence-electron chi connectivity index (χ3n) is 1.77. The van der Waals surface area contributed by atoms with Crippen LogP contribution in [0.5, 0.6) is 0 Å². The van der Waals surface area contributed by atoms with Crippen LogP contribution in [0.15, 0.2) is 24.5 Å². The fourth-order valence-corrected chi connectivity index (χ4v) is 0.971. The molecule has 0 fully saturated rings. The van der Waals surface area contributed by atoms with Crippen molar-refractivity contribution >= 4 is 6.09 Å². The van der Waals surface area contributed by atoms with E-state index in [2.05, 4.69) is 10.3 Å². The molecule has 3 N–H and O–H groups in total. The van der Waals surface area contributed by atoms with Gasteiger partial charge in [0, 0.05) is 18.9 Å². The Balaban J connectivity index is 2.17. The molecule has 15 heavy (non-hydrogen) atoms. The predicted octanol–water partition coefficient (Wildman–Crippen LogP) is 0.657. The van der Waals surface area contributed by atoms with Gasteiger partial charge in [-0.25, -0.2) is 4.79 Å². The van der Waals surface area contributed by atoms with E-state index in [9.17, 15) is 4.79 Å². The van der Waals surface area contributed by atoms with Crippen molar-refractivity contribution in [2.75, 3.05) is 13.1 Å². The van der Waals surface area contributed by atoms with E-state index in [0.717, 1.165) is 12.0 Å². The second-order valence-electron chi connectivity index (χ2n) is 3.00. The minimum absolute atomic E-state index is 0.261. The lowest BCUT2D eigenvalue weighted by Crippen LogP contribution is -2.26. The van der Waals surface area contributed by atoms with Crippen LogP contribution in [0.25, 0.3) is 0 Å². The highest BCUT2D eigenvalue weighted by Crippen LogP contribution is 1.98. The van der Waals surface area contributed by atoms with Gasteiger partial charge in [0.1, 0.15) is 6.61 Å². The summed E-state index contributed by atoms with van der Waals surface area (Å²) < 4.78 is 4.96. The van der Waals surface area contributed by atoms with E-state index >= 15 is 0 Å². The zero-order valence-electron chi connectivity index (χ0n) is 8.48. The number of rotatable bonds is 5. The number of aromatic nitrogens is 1. The number of nitrogens with one attached hydrogen (secondary N) is 1. The smallest absolute Gasteiger partial charge is 0.407 e. The van der Waals surface area contributed by atoms with Crippen molar-refractivity contribution in [2.45, 2.75) is 13.0 Å². The van der Waals surface area contributed by atoms with Gasteiger partial charge in [0.2, 0.25) is 0 Å². The number of hydrogen-bond donors (Lipinski definition) is 2. The summed E-state index contributed by atoms with van der Waals surface area (Å²) in [4.78, 5) is 15.0. The lowest BCUT2D eigenvalue weighted by molar-refractivity contribution is 0.139. The van der Waals surface area contributed by atoms with E-state index in [1.54, 1.807) is 24.5 Å². The number of pyridine rings is 1. The maximum Gasteiger partial charge on any atom is 0.407 e. The second kappa shape index (κ2) is 6.78. The van der Waals surface area contributed by atoms with E-state index in [1.807, 2.05) is 0 Å². The van der Waals surface area contributed by atoms with Gasteiger partial charge in [0.15, 0.2) is 0 Å². The minimum atomic E-state index is -0.416. The van der Waals surface area contributed by atoms with Gasteiger partial charge in [0.25, 0.3) is 0 Å². The molecule has 1 aromatic rings. The lowest BCUT2D eigenvalue weighted by atomic mass is 10.3. The molecule has 0 aliphatic rings. The van der Waals surface area contributed by atoms with Gasteiger partial charge in [-0.15, -0.1) is 0 Å². The van der Waals surface area contributed by atoms with Crippen LogP contribution in [0.1, 0.15) is 12.0 Å². The second-order valence-corrected chi connectivity index (χ2v) is 3.00. The molecule has 1 amide bonds. The van der Waals surface area contributed by atoms with Gasteiger partial charge in [-0.2, -0.15) is 0 Å². The average Bonchev–Trinajstić information content (AvgIpc) is 2.28. The van der Waals surface area contributed by atoms with Crippen LogP contribution in [0, 0.1) is 0 Å². The number of nitrogens with two attached hydrogens (primary N) is 1. The van der Waals surface area contributed by atoms with Gasteiger partial charge in [0.05, 0.1) is 0 Å². The fourth-order valence-electron chi connectivity index (χ4n) is 0.971. The Kier molecular flexibility index (Phi) is 5.18. The molecule has 0 spiro atoms. The third-order valence-corrected chi connectivity index (χ3v) is 1.77. The standard InChI is InChI=1S/C10H15N3O2/c11-4-1-5-13-10(14)15-8-9-2-6-12-7-3-9/h2-3,6-7H,1,4-5,8,11H2,(H,13,14). The molecule has 0 aromatic carbocycles. The third kappa shape index (κ3) is 4.97. The summed E-state index contributed by atoms with van der Waals surface area (Å²) in [6, 6.07) is 3.60. The number of amides is 1. The molecule has 1 heterocycles. The van der Waals surface area contributed by atoms with E-state index in [-0.39, 0.29) is 6.61 Å². The van der Waals surface area contributed by atoms with Gasteiger partial charge in [-0.3, -0.25) is 4.98 Å². The Morgan fingerprint density at radius 3 is 2.87 bits per heavy atom. The van der Waals surface area contributed by atoms with E-state index in [4.69, 9.17) is 10.5 Å². The molecule has 0 atom stereocenters. The van der Waals surface area contributed by atoms with Crippen molar-refractivity contribution in [1.82, 2.24) is 10.3 Å². The minimum Gasteiger partial charge on any atom is -0.445 e. The van der Waals surface area contributed by atoms with Crippen molar-refractivity contribution in [2.24, 2.45) is 5.73 Å². The average molecular weight is 209 g/mol. The SMILES string of the molecule is NCCCNC(=O)OCc1ccncc1. The molecule has 0 radical (unpaired) electrons. The highest BCUT2D eigenvalue weighted by atomic mass is 16.5. The summed E-state index contributed by atoms with van der Waals surface area (Å²) in [5.41, 5.74) is 6.20. The largest absolute Gasteiger partial charge is 0.445 e. The van der Waals surface area contributed by atoms with E-state index in [1.165, 1.54) is 0 Å². The Labute approximate surface area is 88.6 Å². The van der Waals surface area contributed by atoms with E-state index < -0.39 is 6.09 Å². The number of carbonyl (C=O) groups excluding carboxylic acids is 1. The molecule has 1 rings (SSSR count). The quantitative estimate of drug-likeness (QED) is 0.698. The van der Waals surface area contributed by atoms with Gasteiger partial charge >= 0.3 is 6.09 Å². The molecule has 0 saturated carbocycles. The highest BCUT2D eigenvalue weighted by molar-refractivity contribution is 5.67. The monoisotopic (exact) mass is 209 g/mol. The summed E-state index contributed by atoms with van der Waals surface area (Å²) in [6.45, 7) is 1.37. The first-order valence-corrected chi connectivity index (χ1v) is 4.82. The van der Waals surface area contributed by atoms with Crippen molar-refractivity contribution in [3.8, 4) is 0 Å². The van der Waals surface area contributed by atoms with Crippen LogP contribution in [0.3, 0.4) is 0 Å². The first kappa shape index (κ1) is 11.5. The Morgan fingerprint density at radius 2 is 2.20 bits per heavy atom. The van der Waals surface area contributed by atoms with Crippen molar-refractivity contribution in [1.29, 1.82) is 0 Å². The molecule has 0 aliphatic carbocycles. The maximum atomic E-state index is 11.1. The molecule has 0 saturated heterocycles. The Morgan fingerprint density at radius 1 is 1.47 bits per heavy atom. The van der Waals surface area contributed by atoms with Gasteiger partial charge in [-0.1, -0.05) is 0 Å². The number of carbonyl (C=O) groups is 1. The van der Waals surface area contributed by atoms with Gasteiger partial charge in [-0.05, 0) is 30.7 Å². The zero-order chi connectivity index (χ0) is 10.9. The van der Waals surface area contributed by atoms with Gasteiger partial charge < -0.3 is 15.8 Å². The molecule has 82 valence electrons. The van der Waals surface area contributed by atoms with Crippen LogP contribution in [-0.2, 0) is 11.3 Å².